The van der Waals surface area contributed by atoms with Crippen molar-refractivity contribution in [2.45, 2.75) is 13.0 Å². The van der Waals surface area contributed by atoms with E-state index in [0.29, 0.717) is 11.5 Å². The van der Waals surface area contributed by atoms with Gasteiger partial charge in [0, 0.05) is 0 Å². The van der Waals surface area contributed by atoms with E-state index in [-0.39, 0.29) is 6.61 Å². The van der Waals surface area contributed by atoms with Crippen LogP contribution in [-0.4, -0.2) is 16.7 Å². The number of benzene rings is 1. The molecule has 0 radical (unpaired) electrons. The first-order valence-corrected chi connectivity index (χ1v) is 4.45. The summed E-state index contributed by atoms with van der Waals surface area (Å²) >= 11 is 0. The van der Waals surface area contributed by atoms with Crippen LogP contribution in [0.3, 0.4) is 0 Å². The highest BCUT2D eigenvalue weighted by Gasteiger charge is 2.13. The second-order valence-corrected chi connectivity index (χ2v) is 3.26. The van der Waals surface area contributed by atoms with Gasteiger partial charge in [-0.05, 0) is 18.6 Å². The van der Waals surface area contributed by atoms with E-state index in [9.17, 15) is 0 Å². The maximum Gasteiger partial charge on any atom is 0.214 e. The first-order chi connectivity index (χ1) is 6.72. The van der Waals surface area contributed by atoms with Crippen molar-refractivity contribution < 1.29 is 9.52 Å². The lowest BCUT2D eigenvalue weighted by Gasteiger charge is -1.99. The molecule has 0 aliphatic rings. The van der Waals surface area contributed by atoms with Crippen LogP contribution < -0.4 is 5.73 Å². The third kappa shape index (κ3) is 1.38. The average molecular weight is 192 g/mol. The van der Waals surface area contributed by atoms with Crippen LogP contribution in [0.4, 0.5) is 0 Å². The molecule has 0 aliphatic carbocycles. The first kappa shape index (κ1) is 9.18. The minimum Gasteiger partial charge on any atom is -0.439 e. The van der Waals surface area contributed by atoms with Crippen LogP contribution in [-0.2, 0) is 0 Å². The molecule has 4 nitrogen and oxygen atoms in total. The number of nitrogens with two attached hydrogens (primary N) is 1. The van der Waals surface area contributed by atoms with Crippen LogP contribution >= 0.6 is 0 Å². The van der Waals surface area contributed by atoms with Crippen LogP contribution in [0.5, 0.6) is 0 Å². The fraction of sp³-hybridized carbons (Fsp3) is 0.300. The Labute approximate surface area is 81.4 Å². The Balaban J connectivity index is 2.56. The molecule has 0 saturated heterocycles. The van der Waals surface area contributed by atoms with E-state index in [1.807, 2.05) is 25.1 Å². The minimum atomic E-state index is -0.540. The van der Waals surface area contributed by atoms with Gasteiger partial charge < -0.3 is 15.3 Å². The van der Waals surface area contributed by atoms with Gasteiger partial charge in [-0.25, -0.2) is 4.98 Å². The number of aromatic nitrogens is 1. The average Bonchev–Trinajstić information content (AvgIpc) is 2.62. The molecule has 0 aliphatic heterocycles. The standard InChI is InChI=1S/C10H12N2O2/c1-6-3-2-4-8-9(6)12-10(14-8)7(11)5-13/h2-4,7,13H,5,11H2,1H3. The number of nitrogens with zero attached hydrogens (tertiary/aromatic N) is 1. The summed E-state index contributed by atoms with van der Waals surface area (Å²) in [5.74, 6) is 0.386. The quantitative estimate of drug-likeness (QED) is 0.748. The molecule has 0 amide bonds. The van der Waals surface area contributed by atoms with E-state index in [2.05, 4.69) is 4.98 Å². The van der Waals surface area contributed by atoms with Crippen molar-refractivity contribution in [3.8, 4) is 0 Å². The number of para-hydroxylation sites is 1. The summed E-state index contributed by atoms with van der Waals surface area (Å²) in [5.41, 5.74) is 8.17. The second-order valence-electron chi connectivity index (χ2n) is 3.26. The minimum absolute atomic E-state index is 0.161. The molecule has 1 heterocycles. The predicted molar refractivity (Wildman–Crippen MR) is 52.8 cm³/mol. The van der Waals surface area contributed by atoms with Gasteiger partial charge in [-0.3, -0.25) is 0 Å². The number of aryl methyl sites for hydroxylation is 1. The van der Waals surface area contributed by atoms with Crippen LogP contribution in [0.2, 0.25) is 0 Å². The fourth-order valence-corrected chi connectivity index (χ4v) is 1.34. The van der Waals surface area contributed by atoms with E-state index in [1.54, 1.807) is 0 Å². The number of hydrogen-bond acceptors (Lipinski definition) is 4. The van der Waals surface area contributed by atoms with Crippen molar-refractivity contribution in [3.05, 3.63) is 29.7 Å². The molecule has 0 saturated carbocycles. The van der Waals surface area contributed by atoms with Gasteiger partial charge in [0.05, 0.1) is 6.61 Å². The lowest BCUT2D eigenvalue weighted by atomic mass is 10.2. The van der Waals surface area contributed by atoms with Crippen molar-refractivity contribution in [1.82, 2.24) is 4.98 Å². The monoisotopic (exact) mass is 192 g/mol. The lowest BCUT2D eigenvalue weighted by molar-refractivity contribution is 0.250. The molecule has 4 heteroatoms. The largest absolute Gasteiger partial charge is 0.439 e. The molecule has 74 valence electrons. The zero-order valence-electron chi connectivity index (χ0n) is 7.90. The van der Waals surface area contributed by atoms with Gasteiger partial charge in [-0.2, -0.15) is 0 Å². The summed E-state index contributed by atoms with van der Waals surface area (Å²) in [6, 6.07) is 5.15. The van der Waals surface area contributed by atoms with E-state index in [4.69, 9.17) is 15.3 Å². The Kier molecular flexibility index (Phi) is 2.23. The molecular weight excluding hydrogens is 180 g/mol. The maximum absolute atomic E-state index is 8.86. The molecule has 1 aromatic heterocycles. The fourth-order valence-electron chi connectivity index (χ4n) is 1.34. The summed E-state index contributed by atoms with van der Waals surface area (Å²) < 4.78 is 5.41. The topological polar surface area (TPSA) is 72.3 Å². The second kappa shape index (κ2) is 3.40. The Morgan fingerprint density at radius 2 is 2.36 bits per heavy atom. The smallest absolute Gasteiger partial charge is 0.214 e. The Bertz CT molecular complexity index is 450. The zero-order valence-corrected chi connectivity index (χ0v) is 7.90. The SMILES string of the molecule is Cc1cccc2oc(C(N)CO)nc12. The number of hydrogen-bond donors (Lipinski definition) is 2. The van der Waals surface area contributed by atoms with Crippen LogP contribution in [0, 0.1) is 6.92 Å². The lowest BCUT2D eigenvalue weighted by Crippen LogP contribution is -2.14. The van der Waals surface area contributed by atoms with Crippen molar-refractivity contribution in [1.29, 1.82) is 0 Å². The van der Waals surface area contributed by atoms with Gasteiger partial charge in [-0.15, -0.1) is 0 Å². The number of aliphatic hydroxyl groups is 1. The molecule has 1 atom stereocenters. The molecule has 1 aromatic carbocycles. The van der Waals surface area contributed by atoms with E-state index in [1.165, 1.54) is 0 Å². The molecular formula is C10H12N2O2. The normalized spacial score (nSPS) is 13.4. The summed E-state index contributed by atoms with van der Waals surface area (Å²) in [4.78, 5) is 4.23. The summed E-state index contributed by atoms with van der Waals surface area (Å²) in [6.45, 7) is 1.80. The first-order valence-electron chi connectivity index (χ1n) is 4.45. The van der Waals surface area contributed by atoms with E-state index in [0.717, 1.165) is 11.1 Å². The highest BCUT2D eigenvalue weighted by atomic mass is 16.4. The number of rotatable bonds is 2. The molecule has 1 unspecified atom stereocenters. The molecule has 3 N–H and O–H groups in total. The van der Waals surface area contributed by atoms with Gasteiger partial charge in [-0.1, -0.05) is 12.1 Å². The van der Waals surface area contributed by atoms with Gasteiger partial charge in [0.1, 0.15) is 11.6 Å². The van der Waals surface area contributed by atoms with Crippen LogP contribution in [0.1, 0.15) is 17.5 Å². The van der Waals surface area contributed by atoms with Crippen molar-refractivity contribution in [3.63, 3.8) is 0 Å². The Hall–Kier alpha value is -1.39. The van der Waals surface area contributed by atoms with E-state index >= 15 is 0 Å². The Morgan fingerprint density at radius 3 is 3.00 bits per heavy atom. The molecule has 14 heavy (non-hydrogen) atoms. The van der Waals surface area contributed by atoms with E-state index < -0.39 is 6.04 Å². The molecule has 2 rings (SSSR count). The van der Waals surface area contributed by atoms with Gasteiger partial charge in [0.15, 0.2) is 5.58 Å². The molecule has 0 fully saturated rings. The number of fused-ring (bicyclic) bond motifs is 1. The third-order valence-corrected chi connectivity index (χ3v) is 2.15. The summed E-state index contributed by atoms with van der Waals surface area (Å²) in [7, 11) is 0. The number of aliphatic hydroxyl groups excluding tert-OH is 1. The van der Waals surface area contributed by atoms with Crippen molar-refractivity contribution in [2.24, 2.45) is 5.73 Å². The molecule has 0 spiro atoms. The summed E-state index contributed by atoms with van der Waals surface area (Å²) in [6.07, 6.45) is 0. The Morgan fingerprint density at radius 1 is 1.57 bits per heavy atom. The highest BCUT2D eigenvalue weighted by molar-refractivity contribution is 5.76. The summed E-state index contributed by atoms with van der Waals surface area (Å²) in [5, 5.41) is 8.86. The van der Waals surface area contributed by atoms with Gasteiger partial charge in [0.25, 0.3) is 0 Å². The van der Waals surface area contributed by atoms with Crippen molar-refractivity contribution in [2.75, 3.05) is 6.61 Å². The molecule has 2 aromatic rings. The maximum atomic E-state index is 8.86. The van der Waals surface area contributed by atoms with Crippen LogP contribution in [0.15, 0.2) is 22.6 Å². The van der Waals surface area contributed by atoms with Gasteiger partial charge in [0.2, 0.25) is 5.89 Å². The molecule has 0 bridgehead atoms. The zero-order chi connectivity index (χ0) is 10.1. The van der Waals surface area contributed by atoms with Gasteiger partial charge >= 0.3 is 0 Å². The number of oxazole rings is 1. The third-order valence-electron chi connectivity index (χ3n) is 2.15. The van der Waals surface area contributed by atoms with Crippen molar-refractivity contribution >= 4 is 11.1 Å². The highest BCUT2D eigenvalue weighted by Crippen LogP contribution is 2.21. The van der Waals surface area contributed by atoms with Crippen LogP contribution in [0.25, 0.3) is 11.1 Å². The predicted octanol–water partition coefficient (Wildman–Crippen LogP) is 1.13.